The zero-order valence-corrected chi connectivity index (χ0v) is 15.1. The number of hydrogen-bond acceptors (Lipinski definition) is 2. The summed E-state index contributed by atoms with van der Waals surface area (Å²) in [5.74, 6) is 0.789. The molecule has 0 bridgehead atoms. The third-order valence-corrected chi connectivity index (χ3v) is 4.95. The van der Waals surface area contributed by atoms with E-state index >= 15 is 0 Å². The molecule has 0 aliphatic carbocycles. The summed E-state index contributed by atoms with van der Waals surface area (Å²) in [7, 11) is 0. The van der Waals surface area contributed by atoms with Crippen LogP contribution in [-0.2, 0) is 0 Å². The zero-order chi connectivity index (χ0) is 18.2. The Hall–Kier alpha value is -3.52. The van der Waals surface area contributed by atoms with Crippen molar-refractivity contribution in [2.75, 3.05) is 0 Å². The minimum atomic E-state index is 0.789. The lowest BCUT2D eigenvalue weighted by atomic mass is 9.95. The van der Waals surface area contributed by atoms with Crippen LogP contribution in [0, 0.1) is 6.92 Å². The first kappa shape index (κ1) is 15.7. The Morgan fingerprint density at radius 1 is 0.593 bits per heavy atom. The van der Waals surface area contributed by atoms with Crippen LogP contribution in [0.5, 0.6) is 0 Å². The van der Waals surface area contributed by atoms with E-state index in [4.69, 9.17) is 9.97 Å². The van der Waals surface area contributed by atoms with Gasteiger partial charge in [-0.1, -0.05) is 84.9 Å². The van der Waals surface area contributed by atoms with Gasteiger partial charge in [0.2, 0.25) is 0 Å². The lowest BCUT2D eigenvalue weighted by molar-refractivity contribution is 1.10. The molecule has 1 aromatic heterocycles. The van der Waals surface area contributed by atoms with Crippen LogP contribution in [-0.4, -0.2) is 9.97 Å². The fourth-order valence-electron chi connectivity index (χ4n) is 3.75. The molecule has 4 aromatic carbocycles. The molecule has 0 atom stereocenters. The molecule has 0 aliphatic heterocycles. The van der Waals surface area contributed by atoms with Crippen LogP contribution in [0.15, 0.2) is 91.0 Å². The minimum absolute atomic E-state index is 0.789. The standard InChI is InChI=1S/C25H18N2/c1-17-26-24(20-11-6-3-7-12-20)22-16-15-19-13-8-14-21(23(19)25(22)27-17)18-9-4-2-5-10-18/h2-16H,1H3. The molecule has 0 N–H and O–H groups in total. The number of rotatable bonds is 2. The summed E-state index contributed by atoms with van der Waals surface area (Å²) < 4.78 is 0. The second-order valence-electron chi connectivity index (χ2n) is 6.72. The highest BCUT2D eigenvalue weighted by Crippen LogP contribution is 2.36. The number of aromatic nitrogens is 2. The Morgan fingerprint density at radius 3 is 2.04 bits per heavy atom. The Bertz CT molecular complexity index is 1260. The largest absolute Gasteiger partial charge is 0.233 e. The van der Waals surface area contributed by atoms with Crippen LogP contribution in [0.4, 0.5) is 0 Å². The molecule has 0 amide bonds. The summed E-state index contributed by atoms with van der Waals surface area (Å²) in [5.41, 5.74) is 5.52. The highest BCUT2D eigenvalue weighted by atomic mass is 14.9. The summed E-state index contributed by atoms with van der Waals surface area (Å²) in [6.07, 6.45) is 0. The first-order chi connectivity index (χ1) is 13.3. The van der Waals surface area contributed by atoms with Gasteiger partial charge in [0.15, 0.2) is 0 Å². The molecule has 0 saturated heterocycles. The van der Waals surface area contributed by atoms with Gasteiger partial charge in [0.25, 0.3) is 0 Å². The molecule has 5 rings (SSSR count). The van der Waals surface area contributed by atoms with Gasteiger partial charge in [-0.25, -0.2) is 9.97 Å². The van der Waals surface area contributed by atoms with Crippen molar-refractivity contribution < 1.29 is 0 Å². The molecule has 128 valence electrons. The second kappa shape index (κ2) is 6.33. The molecule has 2 heteroatoms. The molecule has 0 aliphatic rings. The summed E-state index contributed by atoms with van der Waals surface area (Å²) in [5, 5.41) is 3.47. The first-order valence-electron chi connectivity index (χ1n) is 9.12. The molecule has 0 radical (unpaired) electrons. The topological polar surface area (TPSA) is 25.8 Å². The summed E-state index contributed by atoms with van der Waals surface area (Å²) >= 11 is 0. The van der Waals surface area contributed by atoms with Crippen molar-refractivity contribution in [3.05, 3.63) is 96.8 Å². The van der Waals surface area contributed by atoms with Crippen LogP contribution in [0.1, 0.15) is 5.82 Å². The molecule has 0 fully saturated rings. The molecule has 0 spiro atoms. The van der Waals surface area contributed by atoms with Crippen molar-refractivity contribution >= 4 is 21.7 Å². The third-order valence-electron chi connectivity index (χ3n) is 4.95. The molecule has 5 aromatic rings. The van der Waals surface area contributed by atoms with E-state index in [0.717, 1.165) is 28.0 Å². The number of nitrogens with zero attached hydrogens (tertiary/aromatic N) is 2. The van der Waals surface area contributed by atoms with E-state index in [1.54, 1.807) is 0 Å². The minimum Gasteiger partial charge on any atom is -0.233 e. The van der Waals surface area contributed by atoms with E-state index in [1.807, 2.05) is 19.1 Å². The third kappa shape index (κ3) is 2.67. The summed E-state index contributed by atoms with van der Waals surface area (Å²) in [6, 6.07) is 31.6. The van der Waals surface area contributed by atoms with E-state index < -0.39 is 0 Å². The van der Waals surface area contributed by atoms with Gasteiger partial charge in [0.1, 0.15) is 5.82 Å². The number of aryl methyl sites for hydroxylation is 1. The van der Waals surface area contributed by atoms with Gasteiger partial charge < -0.3 is 0 Å². The average Bonchev–Trinajstić information content (AvgIpc) is 2.74. The molecule has 27 heavy (non-hydrogen) atoms. The van der Waals surface area contributed by atoms with Crippen molar-refractivity contribution in [2.24, 2.45) is 0 Å². The molecular weight excluding hydrogens is 328 g/mol. The maximum Gasteiger partial charge on any atom is 0.126 e. The van der Waals surface area contributed by atoms with Gasteiger partial charge in [-0.15, -0.1) is 0 Å². The maximum atomic E-state index is 4.87. The number of hydrogen-bond donors (Lipinski definition) is 0. The highest BCUT2D eigenvalue weighted by Gasteiger charge is 2.13. The molecule has 0 unspecified atom stereocenters. The van der Waals surface area contributed by atoms with Gasteiger partial charge in [-0.05, 0) is 29.5 Å². The molecule has 1 heterocycles. The van der Waals surface area contributed by atoms with E-state index in [-0.39, 0.29) is 0 Å². The Labute approximate surface area is 158 Å². The van der Waals surface area contributed by atoms with Crippen LogP contribution >= 0.6 is 0 Å². The van der Waals surface area contributed by atoms with Crippen LogP contribution in [0.25, 0.3) is 44.1 Å². The lowest BCUT2D eigenvalue weighted by Crippen LogP contribution is -1.95. The second-order valence-corrected chi connectivity index (χ2v) is 6.72. The molecule has 2 nitrogen and oxygen atoms in total. The van der Waals surface area contributed by atoms with Crippen molar-refractivity contribution in [1.29, 1.82) is 0 Å². The average molecular weight is 346 g/mol. The molecule has 0 saturated carbocycles. The zero-order valence-electron chi connectivity index (χ0n) is 15.1. The maximum absolute atomic E-state index is 4.87. The highest BCUT2D eigenvalue weighted by molar-refractivity contribution is 6.15. The predicted molar refractivity (Wildman–Crippen MR) is 113 cm³/mol. The fraction of sp³-hybridized carbons (Fsp3) is 0.0400. The Balaban J connectivity index is 1.92. The summed E-state index contributed by atoms with van der Waals surface area (Å²) in [6.45, 7) is 1.97. The predicted octanol–water partition coefficient (Wildman–Crippen LogP) is 6.43. The quantitative estimate of drug-likeness (QED) is 0.344. The van der Waals surface area contributed by atoms with Crippen LogP contribution in [0.2, 0.25) is 0 Å². The monoisotopic (exact) mass is 346 g/mol. The van der Waals surface area contributed by atoms with Gasteiger partial charge in [0, 0.05) is 16.3 Å². The van der Waals surface area contributed by atoms with E-state index in [2.05, 4.69) is 78.9 Å². The smallest absolute Gasteiger partial charge is 0.126 e. The van der Waals surface area contributed by atoms with Crippen molar-refractivity contribution in [2.45, 2.75) is 6.92 Å². The SMILES string of the molecule is Cc1nc(-c2ccccc2)c2ccc3cccc(-c4ccccc4)c3c2n1. The number of benzene rings is 4. The van der Waals surface area contributed by atoms with Gasteiger partial charge in [-0.2, -0.15) is 0 Å². The van der Waals surface area contributed by atoms with Crippen LogP contribution < -0.4 is 0 Å². The van der Waals surface area contributed by atoms with E-state index in [1.165, 1.54) is 21.9 Å². The lowest BCUT2D eigenvalue weighted by Gasteiger charge is -2.13. The van der Waals surface area contributed by atoms with Gasteiger partial charge >= 0.3 is 0 Å². The van der Waals surface area contributed by atoms with Crippen molar-refractivity contribution in [3.8, 4) is 22.4 Å². The Kier molecular flexibility index (Phi) is 3.68. The first-order valence-corrected chi connectivity index (χ1v) is 9.12. The molecular formula is C25H18N2. The van der Waals surface area contributed by atoms with E-state index in [9.17, 15) is 0 Å². The normalized spacial score (nSPS) is 11.1. The van der Waals surface area contributed by atoms with Gasteiger partial charge in [-0.3, -0.25) is 0 Å². The van der Waals surface area contributed by atoms with Crippen molar-refractivity contribution in [1.82, 2.24) is 9.97 Å². The summed E-state index contributed by atoms with van der Waals surface area (Å²) in [4.78, 5) is 9.63. The Morgan fingerprint density at radius 2 is 1.30 bits per heavy atom. The van der Waals surface area contributed by atoms with E-state index in [0.29, 0.717) is 0 Å². The number of fused-ring (bicyclic) bond motifs is 3. The fourth-order valence-corrected chi connectivity index (χ4v) is 3.75. The van der Waals surface area contributed by atoms with Crippen LogP contribution in [0.3, 0.4) is 0 Å². The van der Waals surface area contributed by atoms with Gasteiger partial charge in [0.05, 0.1) is 11.2 Å². The van der Waals surface area contributed by atoms with Crippen molar-refractivity contribution in [3.63, 3.8) is 0 Å².